The molecule has 4 bridgehead atoms. The number of aromatic nitrogens is 2. The van der Waals surface area contributed by atoms with Crippen LogP contribution in [0.4, 0.5) is 0 Å². The van der Waals surface area contributed by atoms with Gasteiger partial charge in [-0.2, -0.15) is 0 Å². The fraction of sp³-hybridized carbons (Fsp3) is 0.111. The Morgan fingerprint density at radius 2 is 0.950 bits per heavy atom. The summed E-state index contributed by atoms with van der Waals surface area (Å²) in [7, 11) is 0. The molecule has 0 N–H and O–H groups in total. The van der Waals surface area contributed by atoms with Crippen molar-refractivity contribution in [1.82, 2.24) is 0 Å². The van der Waals surface area contributed by atoms with Gasteiger partial charge in [0.25, 0.3) is 0 Å². The van der Waals surface area contributed by atoms with E-state index in [1.165, 1.54) is 22.3 Å². The minimum atomic E-state index is 0.924. The lowest BCUT2D eigenvalue weighted by molar-refractivity contribution is -0.693. The summed E-state index contributed by atoms with van der Waals surface area (Å²) in [6.45, 7) is 1.85. The fourth-order valence-corrected chi connectivity index (χ4v) is 2.77. The molecule has 0 amide bonds. The van der Waals surface area contributed by atoms with Gasteiger partial charge >= 0.3 is 0 Å². The molecule has 1 aromatic carbocycles. The van der Waals surface area contributed by atoms with Crippen molar-refractivity contribution in [2.24, 2.45) is 0 Å². The van der Waals surface area contributed by atoms with Gasteiger partial charge in [-0.1, -0.05) is 24.3 Å². The van der Waals surface area contributed by atoms with Crippen molar-refractivity contribution >= 4 is 0 Å². The van der Waals surface area contributed by atoms with Crippen LogP contribution in [-0.4, -0.2) is 0 Å². The molecule has 96 valence electrons. The summed E-state index contributed by atoms with van der Waals surface area (Å²) < 4.78 is 4.47. The van der Waals surface area contributed by atoms with Crippen molar-refractivity contribution in [3.8, 4) is 11.1 Å². The van der Waals surface area contributed by atoms with Gasteiger partial charge in [0.2, 0.25) is 0 Å². The predicted octanol–water partition coefficient (Wildman–Crippen LogP) is 2.34. The molecule has 3 aromatic rings. The summed E-state index contributed by atoms with van der Waals surface area (Å²) >= 11 is 0. The topological polar surface area (TPSA) is 7.76 Å². The first-order valence-corrected chi connectivity index (χ1v) is 6.94. The lowest BCUT2D eigenvalue weighted by atomic mass is 10.1. The lowest BCUT2D eigenvalue weighted by Crippen LogP contribution is -2.37. The number of hydrogen-bond acceptors (Lipinski definition) is 0. The number of nitrogens with zero attached hydrogens (tertiary/aromatic N) is 2. The van der Waals surface area contributed by atoms with Crippen LogP contribution in [0.1, 0.15) is 11.1 Å². The molecule has 0 saturated carbocycles. The molecule has 0 fully saturated rings. The molecule has 2 aromatic heterocycles. The Bertz CT molecular complexity index is 677. The minimum absolute atomic E-state index is 0.924. The Balaban J connectivity index is 1.94. The van der Waals surface area contributed by atoms with Gasteiger partial charge < -0.3 is 0 Å². The highest BCUT2D eigenvalue weighted by Gasteiger charge is 2.13. The predicted molar refractivity (Wildman–Crippen MR) is 76.9 cm³/mol. The van der Waals surface area contributed by atoms with Gasteiger partial charge in [-0.05, 0) is 11.1 Å². The maximum atomic E-state index is 2.24. The molecule has 0 aliphatic carbocycles. The van der Waals surface area contributed by atoms with Crippen molar-refractivity contribution in [3.63, 3.8) is 0 Å². The maximum absolute atomic E-state index is 2.24. The molecule has 4 aliphatic heterocycles. The first-order chi connectivity index (χ1) is 9.88. The van der Waals surface area contributed by atoms with E-state index in [1.54, 1.807) is 0 Å². The molecule has 7 rings (SSSR count). The molecular formula is C18H16N2+2. The quantitative estimate of drug-likeness (QED) is 0.429. The fourth-order valence-electron chi connectivity index (χ4n) is 2.77. The molecule has 0 radical (unpaired) electrons. The van der Waals surface area contributed by atoms with Crippen LogP contribution in [-0.2, 0) is 13.1 Å². The van der Waals surface area contributed by atoms with Crippen LogP contribution in [0.5, 0.6) is 0 Å². The van der Waals surface area contributed by atoms with E-state index < -0.39 is 0 Å². The minimum Gasteiger partial charge on any atom is -0.201 e. The molecule has 0 saturated heterocycles. The Hall–Kier alpha value is -2.48. The van der Waals surface area contributed by atoms with E-state index in [9.17, 15) is 0 Å². The number of benzene rings is 1. The normalized spacial score (nSPS) is 12.6. The highest BCUT2D eigenvalue weighted by atomic mass is 14.9. The Labute approximate surface area is 118 Å². The zero-order valence-electron chi connectivity index (χ0n) is 11.2. The zero-order chi connectivity index (χ0) is 13.4. The molecule has 4 aliphatic rings. The van der Waals surface area contributed by atoms with Crippen molar-refractivity contribution in [1.29, 1.82) is 0 Å². The molecular weight excluding hydrogens is 244 g/mol. The molecule has 0 atom stereocenters. The molecule has 20 heavy (non-hydrogen) atoms. The van der Waals surface area contributed by atoms with Gasteiger partial charge in [0.15, 0.2) is 37.9 Å². The van der Waals surface area contributed by atoms with E-state index >= 15 is 0 Å². The maximum Gasteiger partial charge on any atom is 0.174 e. The summed E-state index contributed by atoms with van der Waals surface area (Å²) in [6, 6.07) is 17.4. The average molecular weight is 260 g/mol. The summed E-state index contributed by atoms with van der Waals surface area (Å²) in [6.07, 6.45) is 8.65. The molecule has 0 unspecified atom stereocenters. The van der Waals surface area contributed by atoms with Crippen molar-refractivity contribution in [2.45, 2.75) is 13.1 Å². The first kappa shape index (κ1) is 11.4. The van der Waals surface area contributed by atoms with Crippen LogP contribution in [0.25, 0.3) is 11.1 Å². The summed E-state index contributed by atoms with van der Waals surface area (Å²) in [4.78, 5) is 0. The monoisotopic (exact) mass is 260 g/mol. The second kappa shape index (κ2) is 4.57. The smallest absolute Gasteiger partial charge is 0.174 e. The second-order valence-corrected chi connectivity index (χ2v) is 5.29. The molecule has 6 heterocycles. The molecule has 0 spiro atoms. The van der Waals surface area contributed by atoms with Crippen LogP contribution in [0, 0.1) is 0 Å². The standard InChI is InChI=1S/C18H16N2/c1-2-4-18-14-20-11-7-16(8-12-20)15-5-9-19(10-6-15)13-17(18)3-1/h1-12H,13-14H2/q+2. The van der Waals surface area contributed by atoms with Gasteiger partial charge in [0, 0.05) is 35.4 Å². The van der Waals surface area contributed by atoms with Gasteiger partial charge in [-0.25, -0.2) is 9.13 Å². The van der Waals surface area contributed by atoms with E-state index in [0.717, 1.165) is 13.1 Å². The Morgan fingerprint density at radius 3 is 1.35 bits per heavy atom. The summed E-state index contributed by atoms with van der Waals surface area (Å²) in [5.41, 5.74) is 5.29. The van der Waals surface area contributed by atoms with Crippen LogP contribution in [0.15, 0.2) is 73.3 Å². The van der Waals surface area contributed by atoms with E-state index in [-0.39, 0.29) is 0 Å². The van der Waals surface area contributed by atoms with Crippen molar-refractivity contribution in [2.75, 3.05) is 0 Å². The largest absolute Gasteiger partial charge is 0.201 e. The van der Waals surface area contributed by atoms with E-state index in [4.69, 9.17) is 0 Å². The highest BCUT2D eigenvalue weighted by Crippen LogP contribution is 2.17. The van der Waals surface area contributed by atoms with Gasteiger partial charge in [-0.3, -0.25) is 0 Å². The Kier molecular flexibility index (Phi) is 2.59. The molecule has 2 heteroatoms. The van der Waals surface area contributed by atoms with Crippen molar-refractivity contribution in [3.05, 3.63) is 84.4 Å². The number of hydrogen-bond donors (Lipinski definition) is 0. The second-order valence-electron chi connectivity index (χ2n) is 5.29. The van der Waals surface area contributed by atoms with E-state index in [2.05, 4.69) is 82.5 Å². The zero-order valence-corrected chi connectivity index (χ0v) is 11.2. The van der Waals surface area contributed by atoms with Gasteiger partial charge in [0.05, 0.1) is 0 Å². The third-order valence-electron chi connectivity index (χ3n) is 3.94. The Morgan fingerprint density at radius 1 is 0.550 bits per heavy atom. The SMILES string of the molecule is c1ccc2c(c1)C[n+]1ccc(cc1)-c1cc[n+](cc1)C2. The number of pyridine rings is 2. The lowest BCUT2D eigenvalue weighted by Gasteiger charge is -2.07. The third kappa shape index (κ3) is 1.99. The van der Waals surface area contributed by atoms with Crippen LogP contribution < -0.4 is 9.13 Å². The highest BCUT2D eigenvalue weighted by molar-refractivity contribution is 5.60. The average Bonchev–Trinajstić information content (AvgIpc) is 2.49. The summed E-state index contributed by atoms with van der Waals surface area (Å²) in [5.74, 6) is 0. The van der Waals surface area contributed by atoms with Crippen LogP contribution in [0.3, 0.4) is 0 Å². The molecule has 2 nitrogen and oxygen atoms in total. The van der Waals surface area contributed by atoms with Gasteiger partial charge in [0.1, 0.15) is 0 Å². The first-order valence-electron chi connectivity index (χ1n) is 6.94. The van der Waals surface area contributed by atoms with E-state index in [0.29, 0.717) is 0 Å². The van der Waals surface area contributed by atoms with Gasteiger partial charge in [-0.15, -0.1) is 0 Å². The third-order valence-corrected chi connectivity index (χ3v) is 3.94. The van der Waals surface area contributed by atoms with Crippen LogP contribution >= 0.6 is 0 Å². The van der Waals surface area contributed by atoms with Crippen LogP contribution in [0.2, 0.25) is 0 Å². The van der Waals surface area contributed by atoms with E-state index in [1.807, 2.05) is 0 Å². The summed E-state index contributed by atoms with van der Waals surface area (Å²) in [5, 5.41) is 0. The van der Waals surface area contributed by atoms with Crippen molar-refractivity contribution < 1.29 is 9.13 Å². The number of rotatable bonds is 0.